The molecule has 4 heterocycles. The number of furan rings is 2. The van der Waals surface area contributed by atoms with Crippen LogP contribution in [0.2, 0.25) is 0 Å². The van der Waals surface area contributed by atoms with Crippen molar-refractivity contribution in [2.45, 2.75) is 25.7 Å². The highest BCUT2D eigenvalue weighted by atomic mass is 16.3. The van der Waals surface area contributed by atoms with Gasteiger partial charge in [-0.05, 0) is 92.2 Å². The number of hydrogen-bond donors (Lipinski definition) is 0. The minimum absolute atomic E-state index is 0.183. The molecule has 268 valence electrons. The lowest BCUT2D eigenvalue weighted by molar-refractivity contribution is 0.631. The van der Waals surface area contributed by atoms with Crippen molar-refractivity contribution in [3.63, 3.8) is 0 Å². The Bertz CT molecular complexity index is 3050. The van der Waals surface area contributed by atoms with Crippen molar-refractivity contribution >= 4 is 80.7 Å². The molecule has 0 unspecified atom stereocenters. The van der Waals surface area contributed by atoms with Crippen molar-refractivity contribution in [3.05, 3.63) is 192 Å². The van der Waals surface area contributed by atoms with E-state index in [-0.39, 0.29) is 19.0 Å². The molecule has 12 rings (SSSR count). The molecule has 7 aromatic carbocycles. The van der Waals surface area contributed by atoms with E-state index in [2.05, 4.69) is 195 Å². The van der Waals surface area contributed by atoms with Crippen LogP contribution < -0.4 is 32.5 Å². The Kier molecular flexibility index (Phi) is 6.93. The van der Waals surface area contributed by atoms with Crippen LogP contribution in [0.15, 0.2) is 179 Å². The summed E-state index contributed by atoms with van der Waals surface area (Å²) < 4.78 is 14.5. The third-order valence-electron chi connectivity index (χ3n) is 12.9. The van der Waals surface area contributed by atoms with Crippen molar-refractivity contribution < 1.29 is 8.83 Å². The largest absolute Gasteiger partial charge is 0.471 e. The number of rotatable bonds is 4. The first kappa shape index (κ1) is 32.5. The standard InChI is InChI=1S/C52H37B2NO2/c1-52(2)42-22-9-11-24-44(42)55(45-25-12-10-23-43(45)52)54-49-41-31-35-17-14-18-36(35)32-47(41)57-50(49)53(48-40-21-8-13-26-46(40)56-51(48)54)37-29-27-34(28-30-37)39-20-7-6-19-38(39)33-15-4-3-5-16-33/h3-17,19-32H,18H2,1-2H3. The molecule has 3 aliphatic rings. The van der Waals surface area contributed by atoms with Crippen molar-refractivity contribution in [1.29, 1.82) is 0 Å². The molecule has 9 aromatic rings. The predicted molar refractivity (Wildman–Crippen MR) is 239 cm³/mol. The molecule has 0 radical (unpaired) electrons. The van der Waals surface area contributed by atoms with Crippen LogP contribution >= 0.6 is 0 Å². The molecule has 0 spiro atoms. The van der Waals surface area contributed by atoms with Gasteiger partial charge < -0.3 is 13.6 Å². The van der Waals surface area contributed by atoms with E-state index >= 15 is 0 Å². The zero-order chi connectivity index (χ0) is 37.8. The van der Waals surface area contributed by atoms with Crippen LogP contribution in [0.3, 0.4) is 0 Å². The van der Waals surface area contributed by atoms with Crippen molar-refractivity contribution in [2.24, 2.45) is 0 Å². The fourth-order valence-corrected chi connectivity index (χ4v) is 10.2. The monoisotopic (exact) mass is 729 g/mol. The average molecular weight is 729 g/mol. The molecule has 0 N–H and O–H groups in total. The third-order valence-corrected chi connectivity index (χ3v) is 12.9. The maximum absolute atomic E-state index is 7.29. The van der Waals surface area contributed by atoms with Crippen LogP contribution in [-0.4, -0.2) is 13.6 Å². The highest BCUT2D eigenvalue weighted by Gasteiger charge is 2.52. The summed E-state index contributed by atoms with van der Waals surface area (Å²) in [6, 6.07) is 59.6. The Morgan fingerprint density at radius 1 is 0.544 bits per heavy atom. The first-order valence-electron chi connectivity index (χ1n) is 20.0. The van der Waals surface area contributed by atoms with E-state index in [9.17, 15) is 0 Å². The van der Waals surface area contributed by atoms with Crippen LogP contribution in [0.1, 0.15) is 36.1 Å². The van der Waals surface area contributed by atoms with Gasteiger partial charge in [-0.2, -0.15) is 0 Å². The zero-order valence-corrected chi connectivity index (χ0v) is 31.9. The average Bonchev–Trinajstić information content (AvgIpc) is 3.98. The van der Waals surface area contributed by atoms with Crippen molar-refractivity contribution in [2.75, 3.05) is 4.81 Å². The van der Waals surface area contributed by atoms with E-state index < -0.39 is 0 Å². The Hall–Kier alpha value is -6.71. The summed E-state index contributed by atoms with van der Waals surface area (Å²) in [6.07, 6.45) is 5.43. The van der Waals surface area contributed by atoms with E-state index in [1.807, 2.05) is 0 Å². The molecule has 5 heteroatoms. The van der Waals surface area contributed by atoms with Gasteiger partial charge in [-0.15, -0.1) is 0 Å². The van der Waals surface area contributed by atoms with Crippen LogP contribution in [-0.2, 0) is 11.8 Å². The topological polar surface area (TPSA) is 29.5 Å². The summed E-state index contributed by atoms with van der Waals surface area (Å²) in [5.41, 5.74) is 19.5. The van der Waals surface area contributed by atoms with E-state index in [0.717, 1.165) is 39.7 Å². The number of benzene rings is 7. The van der Waals surface area contributed by atoms with Gasteiger partial charge in [0.25, 0.3) is 6.71 Å². The molecule has 2 aliphatic heterocycles. The Morgan fingerprint density at radius 2 is 1.16 bits per heavy atom. The Labute approximate surface area is 333 Å². The maximum atomic E-state index is 7.29. The normalized spacial score (nSPS) is 14.7. The summed E-state index contributed by atoms with van der Waals surface area (Å²) >= 11 is 0. The summed E-state index contributed by atoms with van der Waals surface area (Å²) in [5.74, 6) is 0. The summed E-state index contributed by atoms with van der Waals surface area (Å²) in [5, 5.41) is 2.26. The number of fused-ring (bicyclic) bond motifs is 9. The lowest BCUT2D eigenvalue weighted by Crippen LogP contribution is -2.74. The van der Waals surface area contributed by atoms with Crippen LogP contribution in [0, 0.1) is 0 Å². The van der Waals surface area contributed by atoms with Gasteiger partial charge in [0.2, 0.25) is 0 Å². The first-order valence-corrected chi connectivity index (χ1v) is 20.0. The molecule has 0 atom stereocenters. The molecule has 2 aromatic heterocycles. The van der Waals surface area contributed by atoms with Gasteiger partial charge in [0.15, 0.2) is 0 Å². The van der Waals surface area contributed by atoms with E-state index in [0.29, 0.717) is 0 Å². The summed E-state index contributed by atoms with van der Waals surface area (Å²) in [6.45, 7) is 4.24. The molecule has 3 nitrogen and oxygen atoms in total. The fraction of sp³-hybridized carbons (Fsp3) is 0.0769. The first-order chi connectivity index (χ1) is 28.0. The highest BCUT2D eigenvalue weighted by Crippen LogP contribution is 2.49. The van der Waals surface area contributed by atoms with Crippen LogP contribution in [0.5, 0.6) is 0 Å². The molecular formula is C52H37B2NO2. The minimum Gasteiger partial charge on any atom is -0.471 e. The minimum atomic E-state index is -0.279. The molecule has 57 heavy (non-hydrogen) atoms. The van der Waals surface area contributed by atoms with Gasteiger partial charge in [-0.1, -0.05) is 165 Å². The lowest BCUT2D eigenvalue weighted by Gasteiger charge is -2.45. The zero-order valence-electron chi connectivity index (χ0n) is 31.9. The van der Waals surface area contributed by atoms with Gasteiger partial charge in [-0.3, -0.25) is 0 Å². The molecule has 0 saturated heterocycles. The van der Waals surface area contributed by atoms with Gasteiger partial charge >= 0.3 is 6.85 Å². The molecule has 1 aliphatic carbocycles. The Balaban J connectivity index is 1.12. The maximum Gasteiger partial charge on any atom is 0.372 e. The molecule has 0 amide bonds. The lowest BCUT2D eigenvalue weighted by atomic mass is 9.28. The van der Waals surface area contributed by atoms with Gasteiger partial charge in [0, 0.05) is 27.6 Å². The highest BCUT2D eigenvalue weighted by molar-refractivity contribution is 7.09. The Morgan fingerprint density at radius 3 is 1.89 bits per heavy atom. The van der Waals surface area contributed by atoms with Crippen LogP contribution in [0.4, 0.5) is 11.4 Å². The van der Waals surface area contributed by atoms with Crippen molar-refractivity contribution in [1.82, 2.24) is 0 Å². The van der Waals surface area contributed by atoms with Crippen LogP contribution in [0.25, 0.3) is 50.3 Å². The molecule has 0 saturated carbocycles. The van der Waals surface area contributed by atoms with E-state index in [4.69, 9.17) is 8.83 Å². The quantitative estimate of drug-likeness (QED) is 0.169. The second kappa shape index (κ2) is 12.1. The second-order valence-electron chi connectivity index (χ2n) is 16.3. The number of para-hydroxylation sites is 3. The summed E-state index contributed by atoms with van der Waals surface area (Å²) in [4.78, 5) is 2.55. The summed E-state index contributed by atoms with van der Waals surface area (Å²) in [7, 11) is 0. The SMILES string of the molecule is CC1(C)c2ccccc2N(B2c3oc4ccccc4c3B(c3ccc(-c4ccccc4-c4ccccc4)cc3)c3oc4cc5c(cc4c32)C=CC5)c2ccccc21. The van der Waals surface area contributed by atoms with Gasteiger partial charge in [0.1, 0.15) is 11.2 Å². The smallest absolute Gasteiger partial charge is 0.372 e. The number of anilines is 2. The number of nitrogens with zero attached hydrogens (tertiary/aromatic N) is 1. The number of allylic oxidation sites excluding steroid dienone is 1. The molecule has 0 fully saturated rings. The number of hydrogen-bond acceptors (Lipinski definition) is 3. The van der Waals surface area contributed by atoms with E-state index in [1.165, 1.54) is 72.3 Å². The van der Waals surface area contributed by atoms with Gasteiger partial charge in [0.05, 0.1) is 11.3 Å². The second-order valence-corrected chi connectivity index (χ2v) is 16.3. The molecular weight excluding hydrogens is 692 g/mol. The fourth-order valence-electron chi connectivity index (χ4n) is 10.2. The van der Waals surface area contributed by atoms with Gasteiger partial charge in [-0.25, -0.2) is 0 Å². The third kappa shape index (κ3) is 4.69. The van der Waals surface area contributed by atoms with Crippen molar-refractivity contribution in [3.8, 4) is 22.3 Å². The molecule has 0 bridgehead atoms. The van der Waals surface area contributed by atoms with E-state index in [1.54, 1.807) is 0 Å². The predicted octanol–water partition coefficient (Wildman–Crippen LogP) is 9.50.